The van der Waals surface area contributed by atoms with Gasteiger partial charge in [0.05, 0.1) is 0 Å². The Morgan fingerprint density at radius 3 is 2.58 bits per heavy atom. The van der Waals surface area contributed by atoms with Gasteiger partial charge in [0, 0.05) is 22.5 Å². The van der Waals surface area contributed by atoms with Gasteiger partial charge < -0.3 is 10.3 Å². The summed E-state index contributed by atoms with van der Waals surface area (Å²) in [7, 11) is 0. The maximum absolute atomic E-state index is 13.2. The van der Waals surface area contributed by atoms with Crippen molar-refractivity contribution in [3.8, 4) is 11.3 Å². The van der Waals surface area contributed by atoms with Crippen LogP contribution in [0.25, 0.3) is 11.3 Å². The molecule has 0 unspecified atom stereocenters. The van der Waals surface area contributed by atoms with Crippen LogP contribution in [0.4, 0.5) is 10.2 Å². The number of nitrogens with two attached hydrogens (primary N) is 1. The van der Waals surface area contributed by atoms with E-state index in [4.69, 9.17) is 5.73 Å². The quantitative estimate of drug-likeness (QED) is 0.920. The van der Waals surface area contributed by atoms with Crippen molar-refractivity contribution >= 4 is 21.7 Å². The van der Waals surface area contributed by atoms with E-state index in [1.54, 1.807) is 6.07 Å². The van der Waals surface area contributed by atoms with Crippen molar-refractivity contribution in [2.24, 2.45) is 0 Å². The van der Waals surface area contributed by atoms with Crippen molar-refractivity contribution in [1.82, 2.24) is 9.55 Å². The Bertz CT molecular complexity index is 605. The third-order valence-corrected chi connectivity index (χ3v) is 3.71. The highest BCUT2D eigenvalue weighted by molar-refractivity contribution is 9.10. The topological polar surface area (TPSA) is 43.8 Å². The van der Waals surface area contributed by atoms with E-state index in [0.717, 1.165) is 17.9 Å². The molecular weight excluding hydrogens is 309 g/mol. The van der Waals surface area contributed by atoms with Gasteiger partial charge in [-0.1, -0.05) is 13.8 Å². The largest absolute Gasteiger partial charge is 0.383 e. The minimum absolute atomic E-state index is 0.284. The highest BCUT2D eigenvalue weighted by Gasteiger charge is 2.19. The van der Waals surface area contributed by atoms with Gasteiger partial charge in [-0.05, 0) is 41.1 Å². The first-order valence-corrected chi connectivity index (χ1v) is 7.06. The lowest BCUT2D eigenvalue weighted by Crippen LogP contribution is -2.06. The molecule has 5 heteroatoms. The van der Waals surface area contributed by atoms with Crippen LogP contribution in [-0.2, 0) is 6.54 Å². The second kappa shape index (κ2) is 5.33. The fourth-order valence-electron chi connectivity index (χ4n) is 2.14. The summed E-state index contributed by atoms with van der Waals surface area (Å²) in [5.41, 5.74) is 7.70. The Morgan fingerprint density at radius 1 is 1.42 bits per heavy atom. The van der Waals surface area contributed by atoms with Gasteiger partial charge >= 0.3 is 0 Å². The van der Waals surface area contributed by atoms with E-state index in [2.05, 4.69) is 34.8 Å². The average molecular weight is 326 g/mol. The summed E-state index contributed by atoms with van der Waals surface area (Å²) in [6.07, 6.45) is 0. The highest BCUT2D eigenvalue weighted by Crippen LogP contribution is 2.34. The molecule has 0 saturated carbocycles. The molecule has 0 saturated heterocycles. The summed E-state index contributed by atoms with van der Waals surface area (Å²) in [6.45, 7) is 6.97. The Morgan fingerprint density at radius 2 is 2.11 bits per heavy atom. The van der Waals surface area contributed by atoms with Gasteiger partial charge in [-0.25, -0.2) is 9.37 Å². The van der Waals surface area contributed by atoms with E-state index in [1.807, 2.05) is 11.5 Å². The van der Waals surface area contributed by atoms with Crippen LogP contribution >= 0.6 is 15.9 Å². The number of anilines is 1. The molecule has 0 aliphatic rings. The number of aromatic nitrogens is 2. The number of benzene rings is 1. The van der Waals surface area contributed by atoms with Crippen molar-refractivity contribution in [1.29, 1.82) is 0 Å². The molecule has 1 aromatic carbocycles. The maximum atomic E-state index is 13.2. The zero-order chi connectivity index (χ0) is 14.2. The van der Waals surface area contributed by atoms with Gasteiger partial charge in [0.2, 0.25) is 0 Å². The van der Waals surface area contributed by atoms with Crippen LogP contribution in [0.3, 0.4) is 0 Å². The van der Waals surface area contributed by atoms with Gasteiger partial charge in [-0.2, -0.15) is 0 Å². The van der Waals surface area contributed by atoms with Gasteiger partial charge in [0.25, 0.3) is 0 Å². The third kappa shape index (κ3) is 2.52. The van der Waals surface area contributed by atoms with E-state index in [0.29, 0.717) is 16.0 Å². The average Bonchev–Trinajstić information content (AvgIpc) is 2.66. The monoisotopic (exact) mass is 325 g/mol. The Hall–Kier alpha value is -1.36. The van der Waals surface area contributed by atoms with Crippen LogP contribution in [0.2, 0.25) is 0 Å². The maximum Gasteiger partial charge on any atom is 0.131 e. The van der Waals surface area contributed by atoms with Gasteiger partial charge in [0.15, 0.2) is 0 Å². The number of rotatable bonds is 3. The Balaban J connectivity index is 2.63. The predicted octanol–water partition coefficient (Wildman–Crippen LogP) is 4.18. The number of hydrogen-bond acceptors (Lipinski definition) is 2. The lowest BCUT2D eigenvalue weighted by atomic mass is 10.1. The zero-order valence-electron chi connectivity index (χ0n) is 11.2. The van der Waals surface area contributed by atoms with Crippen molar-refractivity contribution in [2.75, 3.05) is 5.73 Å². The third-order valence-electron chi connectivity index (χ3n) is 3.06. The number of halogens is 2. The minimum atomic E-state index is -0.284. The molecule has 0 bridgehead atoms. The van der Waals surface area contributed by atoms with Crippen LogP contribution in [0.1, 0.15) is 32.5 Å². The smallest absolute Gasteiger partial charge is 0.131 e. The summed E-state index contributed by atoms with van der Waals surface area (Å²) in [5, 5.41) is 0. The molecule has 102 valence electrons. The lowest BCUT2D eigenvalue weighted by Gasteiger charge is -2.08. The molecule has 2 aromatic rings. The molecule has 1 heterocycles. The summed E-state index contributed by atoms with van der Waals surface area (Å²) < 4.78 is 15.8. The number of imidazole rings is 1. The fourth-order valence-corrected chi connectivity index (χ4v) is 2.67. The molecule has 3 nitrogen and oxygen atoms in total. The molecule has 2 rings (SSSR count). The molecule has 2 N–H and O–H groups in total. The van der Waals surface area contributed by atoms with Gasteiger partial charge in [-0.15, -0.1) is 0 Å². The van der Waals surface area contributed by atoms with Crippen LogP contribution < -0.4 is 5.73 Å². The summed E-state index contributed by atoms with van der Waals surface area (Å²) in [6, 6.07) is 4.54. The second-order valence-electron chi connectivity index (χ2n) is 4.73. The number of hydrogen-bond donors (Lipinski definition) is 1. The molecule has 0 atom stereocenters. The SMILES string of the molecule is CCn1c(C(C)C)nc(-c2ccc(F)cc2Br)c1N. The van der Waals surface area contributed by atoms with Crippen molar-refractivity contribution in [2.45, 2.75) is 33.2 Å². The Kier molecular flexibility index (Phi) is 3.94. The Labute approximate surface area is 120 Å². The molecule has 1 aromatic heterocycles. The van der Waals surface area contributed by atoms with Crippen LogP contribution in [0.15, 0.2) is 22.7 Å². The summed E-state index contributed by atoms with van der Waals surface area (Å²) in [4.78, 5) is 4.63. The molecule has 0 amide bonds. The zero-order valence-corrected chi connectivity index (χ0v) is 12.8. The second-order valence-corrected chi connectivity index (χ2v) is 5.58. The van der Waals surface area contributed by atoms with Crippen molar-refractivity contribution in [3.05, 3.63) is 34.3 Å². The fraction of sp³-hybridized carbons (Fsp3) is 0.357. The molecular formula is C14H17BrFN3. The summed E-state index contributed by atoms with van der Waals surface area (Å²) >= 11 is 3.37. The molecule has 19 heavy (non-hydrogen) atoms. The van der Waals surface area contributed by atoms with E-state index < -0.39 is 0 Å². The molecule has 0 fully saturated rings. The molecule has 0 aliphatic carbocycles. The molecule has 0 aliphatic heterocycles. The highest BCUT2D eigenvalue weighted by atomic mass is 79.9. The van der Waals surface area contributed by atoms with Crippen LogP contribution in [0.5, 0.6) is 0 Å². The predicted molar refractivity (Wildman–Crippen MR) is 79.5 cm³/mol. The van der Waals surface area contributed by atoms with E-state index in [9.17, 15) is 4.39 Å². The van der Waals surface area contributed by atoms with E-state index in [1.165, 1.54) is 12.1 Å². The molecule has 0 spiro atoms. The lowest BCUT2D eigenvalue weighted by molar-refractivity contribution is 0.627. The van der Waals surface area contributed by atoms with Gasteiger partial charge in [-0.3, -0.25) is 0 Å². The van der Waals surface area contributed by atoms with Gasteiger partial charge in [0.1, 0.15) is 23.2 Å². The van der Waals surface area contributed by atoms with Crippen molar-refractivity contribution in [3.63, 3.8) is 0 Å². The van der Waals surface area contributed by atoms with Crippen molar-refractivity contribution < 1.29 is 4.39 Å². The number of nitrogen functional groups attached to an aromatic ring is 1. The first kappa shape index (κ1) is 14.1. The van der Waals surface area contributed by atoms with E-state index in [-0.39, 0.29) is 11.7 Å². The first-order chi connectivity index (χ1) is 8.95. The minimum Gasteiger partial charge on any atom is -0.383 e. The van der Waals surface area contributed by atoms with E-state index >= 15 is 0 Å². The first-order valence-electron chi connectivity index (χ1n) is 6.27. The summed E-state index contributed by atoms with van der Waals surface area (Å²) in [5.74, 6) is 1.58. The molecule has 0 radical (unpaired) electrons. The standard InChI is InChI=1S/C14H17BrFN3/c1-4-19-13(17)12(18-14(19)8(2)3)10-6-5-9(16)7-11(10)15/h5-8H,4,17H2,1-3H3. The normalized spacial score (nSPS) is 11.3. The number of nitrogens with zero attached hydrogens (tertiary/aromatic N) is 2. The van der Waals surface area contributed by atoms with Crippen LogP contribution in [-0.4, -0.2) is 9.55 Å². The van der Waals surface area contributed by atoms with Crippen LogP contribution in [0, 0.1) is 5.82 Å².